The van der Waals surface area contributed by atoms with Crippen molar-refractivity contribution in [2.75, 3.05) is 5.32 Å². The van der Waals surface area contributed by atoms with Crippen LogP contribution in [0.5, 0.6) is 0 Å². The molecule has 4 aromatic rings. The van der Waals surface area contributed by atoms with Crippen LogP contribution < -0.4 is 5.32 Å². The molecule has 0 fully saturated rings. The van der Waals surface area contributed by atoms with Crippen molar-refractivity contribution in [3.05, 3.63) is 94.9 Å². The highest BCUT2D eigenvalue weighted by atomic mass is 35.5. The summed E-state index contributed by atoms with van der Waals surface area (Å²) in [5.74, 6) is -3.04. The molecule has 0 bridgehead atoms. The molecule has 1 aliphatic heterocycles. The van der Waals surface area contributed by atoms with Crippen molar-refractivity contribution in [1.29, 1.82) is 5.26 Å². The van der Waals surface area contributed by atoms with Gasteiger partial charge < -0.3 is 5.32 Å². The number of nitrogens with zero attached hydrogens (tertiary/aromatic N) is 3. The normalized spacial score (nSPS) is 12.7. The molecule has 1 unspecified atom stereocenters. The maximum atomic E-state index is 13.6. The molecule has 9 heteroatoms. The second kappa shape index (κ2) is 9.37. The lowest BCUT2D eigenvalue weighted by molar-refractivity contribution is -0.117. The van der Waals surface area contributed by atoms with Crippen molar-refractivity contribution in [3.63, 3.8) is 0 Å². The molecule has 0 saturated carbocycles. The maximum Gasteiger partial charge on any atom is 0.249 e. The predicted molar refractivity (Wildman–Crippen MR) is 132 cm³/mol. The molecule has 0 saturated heterocycles. The topological polar surface area (TPSA) is 87.8 Å². The lowest BCUT2D eigenvalue weighted by Crippen LogP contribution is -2.29. The molecular weight excluding hydrogens is 487 g/mol. The number of Topliss-reactive ketones (excluding diaryl/α,β-unsaturated/α-hetero) is 1. The third kappa shape index (κ3) is 4.32. The molecule has 1 aliphatic rings. The van der Waals surface area contributed by atoms with Gasteiger partial charge in [-0.3, -0.25) is 9.59 Å². The van der Waals surface area contributed by atoms with Crippen molar-refractivity contribution in [1.82, 2.24) is 9.78 Å². The molecule has 1 N–H and O–H groups in total. The van der Waals surface area contributed by atoms with Gasteiger partial charge in [0, 0.05) is 32.5 Å². The molecular formula is C26H16ClFN4O2S. The summed E-state index contributed by atoms with van der Waals surface area (Å²) in [6.45, 7) is 0. The van der Waals surface area contributed by atoms with Gasteiger partial charge in [-0.25, -0.2) is 9.07 Å². The Balaban J connectivity index is 1.61. The van der Waals surface area contributed by atoms with Gasteiger partial charge in [0.05, 0.1) is 17.5 Å². The molecule has 1 atom stereocenters. The summed E-state index contributed by atoms with van der Waals surface area (Å²) in [5, 5.41) is 17.4. The van der Waals surface area contributed by atoms with E-state index < -0.39 is 23.4 Å². The number of hydrogen-bond donors (Lipinski definition) is 1. The fourth-order valence-electron chi connectivity index (χ4n) is 3.90. The van der Waals surface area contributed by atoms with Crippen molar-refractivity contribution in [3.8, 4) is 23.0 Å². The average molecular weight is 503 g/mol. The number of nitriles is 1. The molecule has 2 heterocycles. The number of para-hydroxylation sites is 1. The number of nitrogens with one attached hydrogen (secondary N) is 1. The van der Waals surface area contributed by atoms with Crippen molar-refractivity contribution >= 4 is 40.7 Å². The number of amides is 1. The average Bonchev–Trinajstić information content (AvgIpc) is 3.26. The third-order valence-corrected chi connectivity index (χ3v) is 6.89. The highest BCUT2D eigenvalue weighted by Gasteiger charge is 2.35. The van der Waals surface area contributed by atoms with Gasteiger partial charge in [0.15, 0.2) is 5.92 Å². The first-order valence-electron chi connectivity index (χ1n) is 10.6. The summed E-state index contributed by atoms with van der Waals surface area (Å²) in [4.78, 5) is 27.3. The number of halogens is 2. The van der Waals surface area contributed by atoms with Crippen molar-refractivity contribution < 1.29 is 14.0 Å². The van der Waals surface area contributed by atoms with Crippen LogP contribution in [0.2, 0.25) is 5.02 Å². The maximum absolute atomic E-state index is 13.6. The van der Waals surface area contributed by atoms with Gasteiger partial charge >= 0.3 is 0 Å². The van der Waals surface area contributed by atoms with Crippen LogP contribution in [0.25, 0.3) is 16.9 Å². The Morgan fingerprint density at radius 3 is 2.57 bits per heavy atom. The fraction of sp³-hybridized carbons (Fsp3) is 0.0769. The second-order valence-electron chi connectivity index (χ2n) is 7.77. The lowest BCUT2D eigenvalue weighted by Gasteiger charge is -2.19. The van der Waals surface area contributed by atoms with E-state index >= 15 is 0 Å². The molecule has 6 nitrogen and oxygen atoms in total. The number of aromatic nitrogens is 2. The number of carbonyl (C=O) groups is 2. The summed E-state index contributed by atoms with van der Waals surface area (Å²) >= 11 is 7.78. The largest absolute Gasteiger partial charge is 0.325 e. The van der Waals surface area contributed by atoms with Crippen LogP contribution in [-0.4, -0.2) is 21.5 Å². The SMILES string of the molecule is N#CC(C(=O)Nc1ccccc1)C(=O)c1nn(-c2ccc(F)cc2)c2c1CSc1ccc(Cl)cc1-2. The lowest BCUT2D eigenvalue weighted by atomic mass is 9.97. The zero-order valence-corrected chi connectivity index (χ0v) is 19.6. The first-order valence-corrected chi connectivity index (χ1v) is 11.9. The summed E-state index contributed by atoms with van der Waals surface area (Å²) in [6, 6.07) is 21.6. The number of rotatable bonds is 5. The van der Waals surface area contributed by atoms with Gasteiger partial charge in [-0.05, 0) is 54.6 Å². The van der Waals surface area contributed by atoms with Crippen LogP contribution in [0.15, 0.2) is 77.7 Å². The molecule has 172 valence electrons. The number of fused-ring (bicyclic) bond motifs is 3. The number of anilines is 1. The zero-order chi connectivity index (χ0) is 24.5. The van der Waals surface area contributed by atoms with Gasteiger partial charge in [0.25, 0.3) is 0 Å². The van der Waals surface area contributed by atoms with Crippen LogP contribution in [-0.2, 0) is 10.5 Å². The summed E-state index contributed by atoms with van der Waals surface area (Å²) in [7, 11) is 0. The Labute approximate surface area is 209 Å². The summed E-state index contributed by atoms with van der Waals surface area (Å²) in [5.41, 5.74) is 3.01. The Hall–Kier alpha value is -3.93. The molecule has 35 heavy (non-hydrogen) atoms. The van der Waals surface area contributed by atoms with Crippen molar-refractivity contribution in [2.24, 2.45) is 5.92 Å². The van der Waals surface area contributed by atoms with E-state index in [9.17, 15) is 19.2 Å². The standard InChI is InChI=1S/C26H16ClFN4O2S/c27-15-6-11-22-19(12-15)24-21(14-35-22)23(31-32(24)18-9-7-16(28)8-10-18)25(33)20(13-29)26(34)30-17-4-2-1-3-5-17/h1-12,20H,14H2,(H,30,34). The second-order valence-corrected chi connectivity index (χ2v) is 9.23. The Morgan fingerprint density at radius 1 is 1.11 bits per heavy atom. The molecule has 5 rings (SSSR count). The minimum atomic E-state index is -1.60. The zero-order valence-electron chi connectivity index (χ0n) is 18.0. The Morgan fingerprint density at radius 2 is 1.86 bits per heavy atom. The van der Waals surface area contributed by atoms with Crippen LogP contribution >= 0.6 is 23.4 Å². The smallest absolute Gasteiger partial charge is 0.249 e. The number of ketones is 1. The molecule has 1 amide bonds. The number of hydrogen-bond acceptors (Lipinski definition) is 5. The predicted octanol–water partition coefficient (Wildman–Crippen LogP) is 5.90. The first-order chi connectivity index (χ1) is 17.0. The molecule has 0 spiro atoms. The van der Waals surface area contributed by atoms with E-state index in [1.807, 2.05) is 12.1 Å². The van der Waals surface area contributed by atoms with Gasteiger partial charge in [-0.2, -0.15) is 10.4 Å². The third-order valence-electron chi connectivity index (χ3n) is 5.55. The van der Waals surface area contributed by atoms with E-state index in [1.165, 1.54) is 23.9 Å². The number of thioether (sulfide) groups is 1. The van der Waals surface area contributed by atoms with Gasteiger partial charge in [0.1, 0.15) is 11.5 Å². The fourth-order valence-corrected chi connectivity index (χ4v) is 5.12. The number of carbonyl (C=O) groups excluding carboxylic acids is 2. The van der Waals surface area contributed by atoms with Crippen molar-refractivity contribution in [2.45, 2.75) is 10.6 Å². The molecule has 1 aromatic heterocycles. The molecule has 0 aliphatic carbocycles. The minimum absolute atomic E-state index is 0.0252. The van der Waals surface area contributed by atoms with Crippen LogP contribution in [0.1, 0.15) is 16.1 Å². The minimum Gasteiger partial charge on any atom is -0.325 e. The first kappa shape index (κ1) is 22.8. The summed E-state index contributed by atoms with van der Waals surface area (Å²) < 4.78 is 15.1. The van der Waals surface area contributed by atoms with Gasteiger partial charge in [-0.1, -0.05) is 29.8 Å². The van der Waals surface area contributed by atoms with E-state index in [0.29, 0.717) is 33.4 Å². The molecule has 0 radical (unpaired) electrons. The van der Waals surface area contributed by atoms with Crippen LogP contribution in [0, 0.1) is 23.1 Å². The Kier molecular flexibility index (Phi) is 6.12. The van der Waals surface area contributed by atoms with Crippen LogP contribution in [0.4, 0.5) is 10.1 Å². The van der Waals surface area contributed by atoms with E-state index in [4.69, 9.17) is 11.6 Å². The monoisotopic (exact) mass is 502 g/mol. The molecule has 3 aromatic carbocycles. The Bertz CT molecular complexity index is 1500. The van der Waals surface area contributed by atoms with E-state index in [1.54, 1.807) is 59.3 Å². The van der Waals surface area contributed by atoms with Gasteiger partial charge in [0.2, 0.25) is 11.7 Å². The van der Waals surface area contributed by atoms with Crippen LogP contribution in [0.3, 0.4) is 0 Å². The number of benzene rings is 3. The highest BCUT2D eigenvalue weighted by Crippen LogP contribution is 2.45. The summed E-state index contributed by atoms with van der Waals surface area (Å²) in [6.07, 6.45) is 0. The van der Waals surface area contributed by atoms with Gasteiger partial charge in [-0.15, -0.1) is 11.8 Å². The quantitative estimate of drug-likeness (QED) is 0.271. The van der Waals surface area contributed by atoms with E-state index in [-0.39, 0.29) is 5.69 Å². The van der Waals surface area contributed by atoms with E-state index in [2.05, 4.69) is 10.4 Å². The van der Waals surface area contributed by atoms with E-state index in [0.717, 1.165) is 10.5 Å². The highest BCUT2D eigenvalue weighted by molar-refractivity contribution is 7.98.